The van der Waals surface area contributed by atoms with Gasteiger partial charge in [-0.3, -0.25) is 0 Å². The third kappa shape index (κ3) is 2.24. The quantitative estimate of drug-likeness (QED) is 0.356. The largest absolute Gasteiger partial charge is 0.398 e. The highest BCUT2D eigenvalue weighted by molar-refractivity contribution is 6.12. The van der Waals surface area contributed by atoms with E-state index in [-0.39, 0.29) is 5.71 Å². The van der Waals surface area contributed by atoms with Gasteiger partial charge in [0.15, 0.2) is 5.71 Å². The molecule has 0 bridgehead atoms. The van der Waals surface area contributed by atoms with Gasteiger partial charge in [-0.2, -0.15) is 5.26 Å². The molecule has 0 aromatic heterocycles. The third-order valence-electron chi connectivity index (χ3n) is 1.43. The van der Waals surface area contributed by atoms with Crippen LogP contribution in [0.3, 0.4) is 0 Å². The normalized spacial score (nSPS) is 16.5. The van der Waals surface area contributed by atoms with Crippen molar-refractivity contribution >= 4 is 5.71 Å². The molecule has 1 aliphatic rings. The monoisotopic (exact) mass is 178 g/mol. The van der Waals surface area contributed by atoms with Crippen LogP contribution in [0.5, 0.6) is 0 Å². The number of hydrogen-bond acceptors (Lipinski definition) is 4. The molecule has 0 saturated heterocycles. The maximum absolute atomic E-state index is 10.9. The van der Waals surface area contributed by atoms with Crippen molar-refractivity contribution in [2.75, 3.05) is 13.7 Å². The van der Waals surface area contributed by atoms with Gasteiger partial charge >= 0.3 is 0 Å². The summed E-state index contributed by atoms with van der Waals surface area (Å²) in [6.07, 6.45) is 4.63. The first-order valence-corrected chi connectivity index (χ1v) is 3.61. The number of nitriles is 1. The van der Waals surface area contributed by atoms with Crippen LogP contribution in [-0.4, -0.2) is 24.1 Å². The van der Waals surface area contributed by atoms with Crippen molar-refractivity contribution in [3.63, 3.8) is 0 Å². The highest BCUT2D eigenvalue weighted by Crippen LogP contribution is 2.05. The lowest BCUT2D eigenvalue weighted by Crippen LogP contribution is -2.09. The van der Waals surface area contributed by atoms with Crippen LogP contribution in [0.15, 0.2) is 29.1 Å². The Labute approximate surface area is 75.2 Å². The van der Waals surface area contributed by atoms with E-state index >= 15 is 0 Å². The average Bonchev–Trinajstić information content (AvgIpc) is 2.14. The average molecular weight is 178 g/mol. The second-order valence-corrected chi connectivity index (χ2v) is 2.32. The molecule has 13 heavy (non-hydrogen) atoms. The first-order chi connectivity index (χ1) is 6.27. The maximum Gasteiger partial charge on any atom is 0.231 e. The molecule has 0 aromatic rings. The van der Waals surface area contributed by atoms with E-state index in [9.17, 15) is 4.91 Å². The fourth-order valence-electron chi connectivity index (χ4n) is 0.903. The fourth-order valence-corrected chi connectivity index (χ4v) is 0.903. The van der Waals surface area contributed by atoms with E-state index in [1.165, 1.54) is 13.3 Å². The molecule has 0 amide bonds. The first-order valence-electron chi connectivity index (χ1n) is 3.61. The predicted molar refractivity (Wildman–Crippen MR) is 45.8 cm³/mol. The number of hydrogen-bond donors (Lipinski definition) is 0. The van der Waals surface area contributed by atoms with Crippen molar-refractivity contribution in [1.29, 1.82) is 5.26 Å². The van der Waals surface area contributed by atoms with E-state index in [0.717, 1.165) is 4.76 Å². The summed E-state index contributed by atoms with van der Waals surface area (Å²) in [5.41, 5.74) is 0.560. The van der Waals surface area contributed by atoms with Gasteiger partial charge < -0.3 is 4.84 Å². The van der Waals surface area contributed by atoms with Gasteiger partial charge in [-0.1, -0.05) is 5.16 Å². The molecule has 5 heteroatoms. The molecular formula is C8H8N3O2+. The molecule has 0 atom stereocenters. The Bertz CT molecular complexity index is 347. The lowest BCUT2D eigenvalue weighted by atomic mass is 10.1. The van der Waals surface area contributed by atoms with Crippen molar-refractivity contribution in [3.05, 3.63) is 28.8 Å². The number of nitrogens with zero attached hydrogens (tertiary/aromatic N) is 3. The summed E-state index contributed by atoms with van der Waals surface area (Å²) in [6, 6.07) is 1.83. The Morgan fingerprint density at radius 1 is 1.85 bits per heavy atom. The van der Waals surface area contributed by atoms with E-state index in [1.807, 2.05) is 6.07 Å². The van der Waals surface area contributed by atoms with E-state index < -0.39 is 0 Å². The van der Waals surface area contributed by atoms with Gasteiger partial charge in [-0.15, -0.1) is 0 Å². The zero-order valence-corrected chi connectivity index (χ0v) is 7.10. The van der Waals surface area contributed by atoms with Crippen molar-refractivity contribution in [1.82, 2.24) is 0 Å². The summed E-state index contributed by atoms with van der Waals surface area (Å²) in [7, 11) is 1.35. The molecular weight excluding hydrogens is 170 g/mol. The summed E-state index contributed by atoms with van der Waals surface area (Å²) >= 11 is 0. The second-order valence-electron chi connectivity index (χ2n) is 2.32. The molecule has 0 unspecified atom stereocenters. The zero-order chi connectivity index (χ0) is 9.68. The van der Waals surface area contributed by atoms with Crippen LogP contribution in [0.25, 0.3) is 0 Å². The van der Waals surface area contributed by atoms with E-state index in [0.29, 0.717) is 12.1 Å². The van der Waals surface area contributed by atoms with Crippen molar-refractivity contribution in [3.8, 4) is 6.07 Å². The molecule has 1 rings (SSSR count). The lowest BCUT2D eigenvalue weighted by Gasteiger charge is -1.97. The number of allylic oxidation sites excluding steroid dienone is 2. The molecule has 0 spiro atoms. The molecule has 1 aliphatic heterocycles. The predicted octanol–water partition coefficient (Wildman–Crippen LogP) is 0.745. The van der Waals surface area contributed by atoms with Crippen molar-refractivity contribution in [2.45, 2.75) is 0 Å². The summed E-state index contributed by atoms with van der Waals surface area (Å²) < 4.78 is 0.720. The van der Waals surface area contributed by atoms with E-state index in [4.69, 9.17) is 5.26 Å². The Morgan fingerprint density at radius 2 is 2.62 bits per heavy atom. The molecule has 0 N–H and O–H groups in total. The molecule has 0 aliphatic carbocycles. The first kappa shape index (κ1) is 9.13. The molecule has 66 valence electrons. The topological polar surface area (TPSA) is 65.5 Å². The molecule has 0 radical (unpaired) electrons. The van der Waals surface area contributed by atoms with Gasteiger partial charge in [0.1, 0.15) is 13.2 Å². The lowest BCUT2D eigenvalue weighted by molar-refractivity contribution is -0.469. The Balaban J connectivity index is 2.94. The van der Waals surface area contributed by atoms with Gasteiger partial charge in [-0.25, -0.2) is 0 Å². The van der Waals surface area contributed by atoms with E-state index in [2.05, 4.69) is 9.99 Å². The Hall–Kier alpha value is -1.96. The van der Waals surface area contributed by atoms with Crippen LogP contribution in [-0.2, 0) is 4.84 Å². The third-order valence-corrected chi connectivity index (χ3v) is 1.43. The summed E-state index contributed by atoms with van der Waals surface area (Å²) in [6.45, 7) is 0.301. The highest BCUT2D eigenvalue weighted by atomic mass is 16.6. The molecule has 0 aromatic carbocycles. The molecule has 5 nitrogen and oxygen atoms in total. The molecule has 1 heterocycles. The van der Waals surface area contributed by atoms with E-state index in [1.54, 1.807) is 12.2 Å². The van der Waals surface area contributed by atoms with Crippen LogP contribution < -0.4 is 0 Å². The minimum Gasteiger partial charge on any atom is -0.398 e. The maximum atomic E-state index is 10.9. The van der Waals surface area contributed by atoms with Gasteiger partial charge in [-0.05, 0) is 12.2 Å². The van der Waals surface area contributed by atoms with Crippen molar-refractivity contribution < 1.29 is 9.60 Å². The zero-order valence-electron chi connectivity index (χ0n) is 7.10. The number of rotatable bonds is 2. The van der Waals surface area contributed by atoms with Crippen LogP contribution >= 0.6 is 0 Å². The minimum atomic E-state index is 0.0966. The summed E-state index contributed by atoms with van der Waals surface area (Å²) in [4.78, 5) is 15.3. The second kappa shape index (κ2) is 4.16. The summed E-state index contributed by atoms with van der Waals surface area (Å²) in [5.74, 6) is 0. The van der Waals surface area contributed by atoms with Crippen LogP contribution in [0.4, 0.5) is 0 Å². The van der Waals surface area contributed by atoms with Crippen molar-refractivity contribution in [2.24, 2.45) is 5.16 Å². The summed E-state index contributed by atoms with van der Waals surface area (Å²) in [5, 5.41) is 12.1. The Morgan fingerprint density at radius 3 is 3.15 bits per heavy atom. The van der Waals surface area contributed by atoms with Gasteiger partial charge in [0, 0.05) is 9.67 Å². The van der Waals surface area contributed by atoms with Gasteiger partial charge in [0.25, 0.3) is 0 Å². The van der Waals surface area contributed by atoms with Crippen LogP contribution in [0.1, 0.15) is 0 Å². The van der Waals surface area contributed by atoms with Gasteiger partial charge in [0.2, 0.25) is 12.7 Å². The Kier molecular flexibility index (Phi) is 2.92. The molecule has 0 fully saturated rings. The smallest absolute Gasteiger partial charge is 0.231 e. The fraction of sp³-hybridized carbons (Fsp3) is 0.250. The molecule has 0 saturated carbocycles. The number of oxime groups is 1. The standard InChI is InChI=1S/C8H8N3O2/c1-13-10-8(5-9)7-3-2-4-11(12)6-7/h2-3,6H,4H2,1H3/q+1. The van der Waals surface area contributed by atoms with Crippen LogP contribution in [0.2, 0.25) is 0 Å². The van der Waals surface area contributed by atoms with Crippen LogP contribution in [0, 0.1) is 16.2 Å². The SMILES string of the molecule is CON=C(C#N)C1=C[N+](=O)CC=C1. The highest BCUT2D eigenvalue weighted by Gasteiger charge is 2.15. The number of nitroso groups, excluding NO2 is 1. The minimum absolute atomic E-state index is 0.0966. The van der Waals surface area contributed by atoms with Gasteiger partial charge in [0.05, 0.1) is 5.57 Å².